The third-order valence-electron chi connectivity index (χ3n) is 3.45. The van der Waals surface area contributed by atoms with Gasteiger partial charge in [-0.2, -0.15) is 0 Å². The van der Waals surface area contributed by atoms with Crippen LogP contribution in [0.25, 0.3) is 0 Å². The molecule has 0 aliphatic carbocycles. The van der Waals surface area contributed by atoms with Crippen LogP contribution in [0.4, 0.5) is 10.1 Å². The summed E-state index contributed by atoms with van der Waals surface area (Å²) in [6.45, 7) is 5.05. The van der Waals surface area contributed by atoms with Crippen molar-refractivity contribution in [2.45, 2.75) is 26.2 Å². The second-order valence-corrected chi connectivity index (χ2v) is 5.94. The van der Waals surface area contributed by atoms with E-state index in [0.717, 1.165) is 17.7 Å². The second-order valence-electron chi connectivity index (χ2n) is 5.53. The fraction of sp³-hybridized carbons (Fsp3) is 0.278. The number of rotatable bonds is 5. The lowest BCUT2D eigenvalue weighted by Gasteiger charge is -2.12. The van der Waals surface area contributed by atoms with E-state index in [1.165, 1.54) is 17.7 Å². The molecule has 0 spiro atoms. The van der Waals surface area contributed by atoms with E-state index >= 15 is 0 Å². The van der Waals surface area contributed by atoms with Crippen LogP contribution in [0, 0.1) is 5.82 Å². The van der Waals surface area contributed by atoms with Gasteiger partial charge in [-0.25, -0.2) is 4.39 Å². The van der Waals surface area contributed by atoms with Crippen LogP contribution in [0.3, 0.4) is 0 Å². The first-order chi connectivity index (χ1) is 10.5. The van der Waals surface area contributed by atoms with Gasteiger partial charge in [-0.1, -0.05) is 38.1 Å². The van der Waals surface area contributed by atoms with Gasteiger partial charge < -0.3 is 10.6 Å². The Labute approximate surface area is 136 Å². The van der Waals surface area contributed by atoms with Gasteiger partial charge in [-0.3, -0.25) is 0 Å². The molecule has 2 N–H and O–H groups in total. The third kappa shape index (κ3) is 5.11. The summed E-state index contributed by atoms with van der Waals surface area (Å²) in [7, 11) is 0. The average molecular weight is 316 g/mol. The Morgan fingerprint density at radius 3 is 2.27 bits per heavy atom. The van der Waals surface area contributed by atoms with Gasteiger partial charge in [0.25, 0.3) is 0 Å². The van der Waals surface area contributed by atoms with E-state index in [1.807, 2.05) is 12.1 Å². The summed E-state index contributed by atoms with van der Waals surface area (Å²) in [5.41, 5.74) is 3.36. The van der Waals surface area contributed by atoms with Crippen molar-refractivity contribution < 1.29 is 4.39 Å². The van der Waals surface area contributed by atoms with Crippen LogP contribution in [0.15, 0.2) is 48.5 Å². The van der Waals surface area contributed by atoms with Gasteiger partial charge in [0, 0.05) is 12.2 Å². The van der Waals surface area contributed by atoms with Crippen LogP contribution in [-0.4, -0.2) is 11.7 Å². The zero-order chi connectivity index (χ0) is 15.9. The number of nitrogens with one attached hydrogen (secondary N) is 2. The van der Waals surface area contributed by atoms with Crippen LogP contribution in [0.2, 0.25) is 0 Å². The molecule has 4 heteroatoms. The molecule has 0 heterocycles. The Morgan fingerprint density at radius 2 is 1.68 bits per heavy atom. The zero-order valence-corrected chi connectivity index (χ0v) is 13.7. The lowest BCUT2D eigenvalue weighted by atomic mass is 10.0. The van der Waals surface area contributed by atoms with Crippen molar-refractivity contribution in [3.8, 4) is 0 Å². The normalized spacial score (nSPS) is 10.5. The number of benzene rings is 2. The smallest absolute Gasteiger partial charge is 0.170 e. The summed E-state index contributed by atoms with van der Waals surface area (Å²) in [6.07, 6.45) is 0.800. The van der Waals surface area contributed by atoms with Crippen molar-refractivity contribution in [3.05, 3.63) is 65.5 Å². The molecule has 0 atom stereocenters. The average Bonchev–Trinajstić information content (AvgIpc) is 2.50. The molecule has 0 unspecified atom stereocenters. The molecule has 2 aromatic carbocycles. The van der Waals surface area contributed by atoms with Crippen LogP contribution >= 0.6 is 12.2 Å². The van der Waals surface area contributed by atoms with Gasteiger partial charge in [0.15, 0.2) is 5.11 Å². The molecular formula is C18H21FN2S. The van der Waals surface area contributed by atoms with Gasteiger partial charge in [0.2, 0.25) is 0 Å². The summed E-state index contributed by atoms with van der Waals surface area (Å²) >= 11 is 5.27. The highest BCUT2D eigenvalue weighted by Crippen LogP contribution is 2.16. The fourth-order valence-corrected chi connectivity index (χ4v) is 2.32. The Kier molecular flexibility index (Phi) is 5.90. The van der Waals surface area contributed by atoms with Crippen LogP contribution in [-0.2, 0) is 6.42 Å². The molecule has 0 fully saturated rings. The third-order valence-corrected chi connectivity index (χ3v) is 3.69. The van der Waals surface area contributed by atoms with Gasteiger partial charge in [-0.15, -0.1) is 0 Å². The van der Waals surface area contributed by atoms with Gasteiger partial charge in [0.05, 0.1) is 0 Å². The number of thiocarbonyl (C=S) groups is 1. The maximum Gasteiger partial charge on any atom is 0.170 e. The summed E-state index contributed by atoms with van der Waals surface area (Å²) in [5, 5.41) is 6.92. The molecule has 0 bridgehead atoms. The molecule has 116 valence electrons. The summed E-state index contributed by atoms with van der Waals surface area (Å²) in [6, 6.07) is 14.8. The zero-order valence-electron chi connectivity index (χ0n) is 12.9. The van der Waals surface area contributed by atoms with E-state index in [4.69, 9.17) is 12.2 Å². The minimum absolute atomic E-state index is 0.209. The largest absolute Gasteiger partial charge is 0.362 e. The maximum absolute atomic E-state index is 12.8. The van der Waals surface area contributed by atoms with Crippen molar-refractivity contribution in [3.63, 3.8) is 0 Å². The number of halogens is 1. The van der Waals surface area contributed by atoms with Gasteiger partial charge in [-0.05, 0) is 59.9 Å². The number of hydrogen-bond donors (Lipinski definition) is 2. The standard InChI is InChI=1S/C18H21FN2S/c1-13(2)15-5-9-17(10-6-15)21-18(22)20-12-11-14-3-7-16(19)8-4-14/h3-10,13H,11-12H2,1-2H3,(H2,20,21,22). The van der Waals surface area contributed by atoms with Crippen LogP contribution in [0.1, 0.15) is 30.9 Å². The predicted octanol–water partition coefficient (Wildman–Crippen LogP) is 4.48. The molecule has 0 aliphatic rings. The molecular weight excluding hydrogens is 295 g/mol. The Balaban J connectivity index is 1.76. The Bertz CT molecular complexity index is 606. The highest BCUT2D eigenvalue weighted by Gasteiger charge is 2.01. The maximum atomic E-state index is 12.8. The molecule has 2 nitrogen and oxygen atoms in total. The first-order valence-corrected chi connectivity index (χ1v) is 7.84. The topological polar surface area (TPSA) is 24.1 Å². The highest BCUT2D eigenvalue weighted by molar-refractivity contribution is 7.80. The molecule has 0 saturated carbocycles. The Hall–Kier alpha value is -1.94. The molecule has 0 amide bonds. The highest BCUT2D eigenvalue weighted by atomic mass is 32.1. The summed E-state index contributed by atoms with van der Waals surface area (Å²) in [5.74, 6) is 0.313. The molecule has 2 aromatic rings. The van der Waals surface area contributed by atoms with Crippen molar-refractivity contribution in [2.75, 3.05) is 11.9 Å². The molecule has 0 saturated heterocycles. The Morgan fingerprint density at radius 1 is 1.05 bits per heavy atom. The van der Waals surface area contributed by atoms with Crippen molar-refractivity contribution >= 4 is 23.0 Å². The number of hydrogen-bond acceptors (Lipinski definition) is 1. The SMILES string of the molecule is CC(C)c1ccc(NC(=S)NCCc2ccc(F)cc2)cc1. The fourth-order valence-electron chi connectivity index (χ4n) is 2.10. The molecule has 2 rings (SSSR count). The quantitative estimate of drug-likeness (QED) is 0.795. The minimum atomic E-state index is -0.209. The van der Waals surface area contributed by atoms with Gasteiger partial charge in [0.1, 0.15) is 5.82 Å². The lowest BCUT2D eigenvalue weighted by molar-refractivity contribution is 0.627. The van der Waals surface area contributed by atoms with Crippen molar-refractivity contribution in [1.29, 1.82) is 0 Å². The van der Waals surface area contributed by atoms with Crippen molar-refractivity contribution in [2.24, 2.45) is 0 Å². The van der Waals surface area contributed by atoms with E-state index in [2.05, 4.69) is 36.6 Å². The molecule has 0 aliphatic heterocycles. The molecule has 22 heavy (non-hydrogen) atoms. The summed E-state index contributed by atoms with van der Waals surface area (Å²) < 4.78 is 12.8. The van der Waals surface area contributed by atoms with Crippen molar-refractivity contribution in [1.82, 2.24) is 5.32 Å². The van der Waals surface area contributed by atoms with E-state index in [-0.39, 0.29) is 5.82 Å². The number of anilines is 1. The van der Waals surface area contributed by atoms with E-state index in [9.17, 15) is 4.39 Å². The van der Waals surface area contributed by atoms with E-state index < -0.39 is 0 Å². The van der Waals surface area contributed by atoms with E-state index in [1.54, 1.807) is 12.1 Å². The van der Waals surface area contributed by atoms with E-state index in [0.29, 0.717) is 17.6 Å². The summed E-state index contributed by atoms with van der Waals surface area (Å²) in [4.78, 5) is 0. The monoisotopic (exact) mass is 316 g/mol. The molecule has 0 aromatic heterocycles. The second kappa shape index (κ2) is 7.90. The van der Waals surface area contributed by atoms with Crippen LogP contribution < -0.4 is 10.6 Å². The first-order valence-electron chi connectivity index (χ1n) is 7.44. The van der Waals surface area contributed by atoms with Crippen LogP contribution in [0.5, 0.6) is 0 Å². The predicted molar refractivity (Wildman–Crippen MR) is 94.9 cm³/mol. The lowest BCUT2D eigenvalue weighted by Crippen LogP contribution is -2.30. The minimum Gasteiger partial charge on any atom is -0.362 e. The van der Waals surface area contributed by atoms with Gasteiger partial charge >= 0.3 is 0 Å². The first kappa shape index (κ1) is 16.4. The molecule has 0 radical (unpaired) electrons.